The Morgan fingerprint density at radius 1 is 1.16 bits per heavy atom. The van der Waals surface area contributed by atoms with Crippen molar-refractivity contribution in [1.82, 2.24) is 5.32 Å². The van der Waals surface area contributed by atoms with Crippen LogP contribution in [0.1, 0.15) is 66.8 Å². The van der Waals surface area contributed by atoms with Gasteiger partial charge in [-0.15, -0.1) is 0 Å². The van der Waals surface area contributed by atoms with Crippen molar-refractivity contribution in [3.63, 3.8) is 0 Å². The Hall–Kier alpha value is -3.14. The summed E-state index contributed by atoms with van der Waals surface area (Å²) in [5.74, 6) is 0.768. The first-order chi connectivity index (χ1) is 15.0. The average molecular weight is 414 g/mol. The number of nitrogens with two attached hydrogens (primary N) is 1. The predicted molar refractivity (Wildman–Crippen MR) is 128 cm³/mol. The average Bonchev–Trinajstić information content (AvgIpc) is 2.79. The van der Waals surface area contributed by atoms with Crippen molar-refractivity contribution in [3.8, 4) is 0 Å². The minimum Gasteiger partial charge on any atom is -0.387 e. The lowest BCUT2D eigenvalue weighted by Crippen LogP contribution is -2.32. The molecule has 2 aromatic carbocycles. The Labute approximate surface area is 185 Å². The minimum absolute atomic E-state index is 0.00709. The van der Waals surface area contributed by atoms with E-state index in [9.17, 15) is 4.79 Å². The number of nitrogens with zero attached hydrogens (tertiary/aromatic N) is 1. The number of allylic oxidation sites excluding steroid dienone is 2. The number of carbonyl (C=O) groups excluding carboxylic acids is 1. The summed E-state index contributed by atoms with van der Waals surface area (Å²) in [5.41, 5.74) is 15.0. The van der Waals surface area contributed by atoms with E-state index in [2.05, 4.69) is 67.5 Å². The highest BCUT2D eigenvalue weighted by molar-refractivity contribution is 6.23. The smallest absolute Gasteiger partial charge is 0.252 e. The Bertz CT molecular complexity index is 1090. The minimum atomic E-state index is 0.00709. The molecule has 4 heteroatoms. The van der Waals surface area contributed by atoms with Crippen LogP contribution in [0.25, 0.3) is 5.57 Å². The molecule has 31 heavy (non-hydrogen) atoms. The third-order valence-corrected chi connectivity index (χ3v) is 6.41. The lowest BCUT2D eigenvalue weighted by atomic mass is 9.76. The normalized spacial score (nSPS) is 18.5. The van der Waals surface area contributed by atoms with Crippen molar-refractivity contribution in [2.24, 2.45) is 10.7 Å². The van der Waals surface area contributed by atoms with E-state index >= 15 is 0 Å². The molecule has 160 valence electrons. The zero-order valence-corrected chi connectivity index (χ0v) is 18.7. The fourth-order valence-corrected chi connectivity index (χ4v) is 4.88. The maximum absolute atomic E-state index is 13.4. The van der Waals surface area contributed by atoms with Crippen molar-refractivity contribution >= 4 is 17.3 Å². The molecule has 4 nitrogen and oxygen atoms in total. The van der Waals surface area contributed by atoms with Crippen molar-refractivity contribution in [3.05, 3.63) is 87.6 Å². The Morgan fingerprint density at radius 2 is 1.94 bits per heavy atom. The van der Waals surface area contributed by atoms with Crippen LogP contribution >= 0.6 is 0 Å². The fourth-order valence-electron chi connectivity index (χ4n) is 4.88. The van der Waals surface area contributed by atoms with E-state index in [1.54, 1.807) is 0 Å². The van der Waals surface area contributed by atoms with E-state index in [4.69, 9.17) is 5.73 Å². The molecule has 3 N–H and O–H groups in total. The molecule has 2 heterocycles. The van der Waals surface area contributed by atoms with E-state index in [1.807, 2.05) is 12.3 Å². The van der Waals surface area contributed by atoms with Gasteiger partial charge in [0, 0.05) is 25.1 Å². The van der Waals surface area contributed by atoms with Gasteiger partial charge in [-0.2, -0.15) is 0 Å². The topological polar surface area (TPSA) is 67.5 Å². The van der Waals surface area contributed by atoms with Gasteiger partial charge in [-0.05, 0) is 65.1 Å². The molecule has 0 aliphatic carbocycles. The molecule has 1 amide bonds. The molecular weight excluding hydrogens is 382 g/mol. The number of aliphatic imine (C=N–C) groups is 1. The van der Waals surface area contributed by atoms with Gasteiger partial charge >= 0.3 is 0 Å². The highest BCUT2D eigenvalue weighted by Gasteiger charge is 2.32. The maximum atomic E-state index is 13.4. The molecule has 0 saturated carbocycles. The van der Waals surface area contributed by atoms with Gasteiger partial charge in [-0.3, -0.25) is 4.79 Å². The van der Waals surface area contributed by atoms with Gasteiger partial charge in [0.15, 0.2) is 0 Å². The van der Waals surface area contributed by atoms with E-state index in [-0.39, 0.29) is 11.8 Å². The van der Waals surface area contributed by atoms with Crippen molar-refractivity contribution in [2.45, 2.75) is 58.9 Å². The molecule has 2 aromatic rings. The summed E-state index contributed by atoms with van der Waals surface area (Å²) in [6, 6.07) is 15.0. The first-order valence-corrected chi connectivity index (χ1v) is 11.2. The summed E-state index contributed by atoms with van der Waals surface area (Å²) < 4.78 is 0. The lowest BCUT2D eigenvalue weighted by molar-refractivity contribution is -0.116. The fraction of sp³-hybridized carbons (Fsp3) is 0.333. The van der Waals surface area contributed by atoms with Crippen LogP contribution in [0.2, 0.25) is 0 Å². The first-order valence-electron chi connectivity index (χ1n) is 11.2. The van der Waals surface area contributed by atoms with Gasteiger partial charge in [0.1, 0.15) is 0 Å². The molecule has 0 saturated heterocycles. The zero-order valence-electron chi connectivity index (χ0n) is 18.7. The maximum Gasteiger partial charge on any atom is 0.252 e. The molecule has 4 rings (SSSR count). The third kappa shape index (κ3) is 4.07. The molecule has 0 bridgehead atoms. The largest absolute Gasteiger partial charge is 0.387 e. The molecule has 0 fully saturated rings. The SMILES string of the molecule is CCc1cc(C)c2c(c1)CNC(=O)C2=C(C1=CN=C(N)CC1)C(CC)c1ccccc1. The van der Waals surface area contributed by atoms with Crippen molar-refractivity contribution in [1.29, 1.82) is 0 Å². The number of amidine groups is 1. The molecular formula is C27H31N3O. The molecule has 2 aliphatic heterocycles. The summed E-state index contributed by atoms with van der Waals surface area (Å²) in [6.45, 7) is 7.06. The monoisotopic (exact) mass is 413 g/mol. The summed E-state index contributed by atoms with van der Waals surface area (Å²) in [6.07, 6.45) is 5.27. The molecule has 0 aromatic heterocycles. The van der Waals surface area contributed by atoms with Crippen LogP contribution in [0.5, 0.6) is 0 Å². The number of aryl methyl sites for hydroxylation is 2. The molecule has 1 atom stereocenters. The summed E-state index contributed by atoms with van der Waals surface area (Å²) in [7, 11) is 0. The predicted octanol–water partition coefficient (Wildman–Crippen LogP) is 5.17. The Morgan fingerprint density at radius 3 is 2.58 bits per heavy atom. The number of carbonyl (C=O) groups is 1. The van der Waals surface area contributed by atoms with Gasteiger partial charge in [0.2, 0.25) is 0 Å². The molecule has 0 radical (unpaired) electrons. The van der Waals surface area contributed by atoms with Crippen LogP contribution in [0, 0.1) is 6.92 Å². The molecule has 0 spiro atoms. The Balaban J connectivity index is 2.02. The lowest BCUT2D eigenvalue weighted by Gasteiger charge is -2.30. The number of hydrogen-bond donors (Lipinski definition) is 2. The van der Waals surface area contributed by atoms with E-state index in [0.29, 0.717) is 12.4 Å². The second-order valence-electron chi connectivity index (χ2n) is 8.42. The van der Waals surface area contributed by atoms with Gasteiger partial charge in [-0.25, -0.2) is 4.99 Å². The number of nitrogens with one attached hydrogen (secondary N) is 1. The number of rotatable bonds is 5. The van der Waals surface area contributed by atoms with Gasteiger partial charge in [0.05, 0.1) is 11.4 Å². The summed E-state index contributed by atoms with van der Waals surface area (Å²) in [4.78, 5) is 17.8. The quantitative estimate of drug-likeness (QED) is 0.664. The van der Waals surface area contributed by atoms with Crippen LogP contribution in [0.4, 0.5) is 0 Å². The van der Waals surface area contributed by atoms with Gasteiger partial charge in [0.25, 0.3) is 5.91 Å². The highest BCUT2D eigenvalue weighted by Crippen LogP contribution is 2.43. The number of benzene rings is 2. The van der Waals surface area contributed by atoms with Crippen LogP contribution in [-0.4, -0.2) is 11.7 Å². The third-order valence-electron chi connectivity index (χ3n) is 6.41. The Kier molecular flexibility index (Phi) is 6.08. The van der Waals surface area contributed by atoms with Gasteiger partial charge < -0.3 is 11.1 Å². The molecule has 1 unspecified atom stereocenters. The number of hydrogen-bond acceptors (Lipinski definition) is 3. The van der Waals surface area contributed by atoms with Crippen molar-refractivity contribution < 1.29 is 4.79 Å². The van der Waals surface area contributed by atoms with Crippen LogP contribution in [0.15, 0.2) is 64.8 Å². The zero-order chi connectivity index (χ0) is 22.0. The summed E-state index contributed by atoms with van der Waals surface area (Å²) in [5, 5.41) is 3.14. The summed E-state index contributed by atoms with van der Waals surface area (Å²) >= 11 is 0. The number of amides is 1. The second kappa shape index (κ2) is 8.93. The van der Waals surface area contributed by atoms with Crippen LogP contribution < -0.4 is 11.1 Å². The highest BCUT2D eigenvalue weighted by atomic mass is 16.1. The van der Waals surface area contributed by atoms with Crippen LogP contribution in [-0.2, 0) is 17.8 Å². The molecule has 2 aliphatic rings. The van der Waals surface area contributed by atoms with Gasteiger partial charge in [-0.1, -0.05) is 56.3 Å². The van der Waals surface area contributed by atoms with Crippen LogP contribution in [0.3, 0.4) is 0 Å². The second-order valence-corrected chi connectivity index (χ2v) is 8.42. The number of fused-ring (bicyclic) bond motifs is 1. The van der Waals surface area contributed by atoms with E-state index < -0.39 is 0 Å². The van der Waals surface area contributed by atoms with E-state index in [1.165, 1.54) is 22.3 Å². The van der Waals surface area contributed by atoms with Crippen molar-refractivity contribution in [2.75, 3.05) is 0 Å². The first kappa shape index (κ1) is 21.1. The standard InChI is InChI=1S/C27H31N3O/c1-4-18-13-17(3)24-21(14-18)16-30-27(31)26(24)25(20-11-12-23(28)29-15-20)22(5-2)19-9-7-6-8-10-19/h6-10,13-15,22H,4-5,11-12,16H2,1-3H3,(H2,28,29)(H,30,31). The van der Waals surface area contributed by atoms with E-state index in [0.717, 1.165) is 48.0 Å².